The van der Waals surface area contributed by atoms with Crippen LogP contribution in [0, 0.1) is 0 Å². The average molecular weight is 406 g/mol. The van der Waals surface area contributed by atoms with Gasteiger partial charge in [-0.25, -0.2) is 8.42 Å². The number of carbonyl (C=O) groups excluding carboxylic acids is 1. The van der Waals surface area contributed by atoms with Gasteiger partial charge in [-0.05, 0) is 69.3 Å². The number of sulfone groups is 1. The summed E-state index contributed by atoms with van der Waals surface area (Å²) in [6, 6.07) is 16.6. The molecule has 1 N–H and O–H groups in total. The molecule has 1 heterocycles. The summed E-state index contributed by atoms with van der Waals surface area (Å²) >= 11 is 1.56. The van der Waals surface area contributed by atoms with Crippen LogP contribution in [0.15, 0.2) is 69.3 Å². The van der Waals surface area contributed by atoms with Gasteiger partial charge in [-0.3, -0.25) is 4.79 Å². The van der Waals surface area contributed by atoms with Crippen LogP contribution in [0.25, 0.3) is 0 Å². The van der Waals surface area contributed by atoms with Gasteiger partial charge in [0.1, 0.15) is 0 Å². The lowest BCUT2D eigenvalue weighted by Gasteiger charge is -2.34. The summed E-state index contributed by atoms with van der Waals surface area (Å²) in [6.07, 6.45) is 0.434. The molecule has 0 aromatic heterocycles. The van der Waals surface area contributed by atoms with Crippen molar-refractivity contribution in [3.8, 4) is 0 Å². The summed E-state index contributed by atoms with van der Waals surface area (Å²) in [5.74, 6) is -0.644. The predicted molar refractivity (Wildman–Crippen MR) is 106 cm³/mol. The Hall–Kier alpha value is -1.83. The molecule has 1 aliphatic heterocycles. The summed E-state index contributed by atoms with van der Waals surface area (Å²) < 4.78 is 30.4. The Labute approximate surface area is 164 Å². The maximum atomic E-state index is 13.4. The summed E-state index contributed by atoms with van der Waals surface area (Å²) in [4.78, 5) is 14.8. The zero-order valence-corrected chi connectivity index (χ0v) is 16.8. The molecule has 0 radical (unpaired) electrons. The first-order valence-corrected chi connectivity index (χ1v) is 11.2. The molecule has 1 aliphatic rings. The van der Waals surface area contributed by atoms with Crippen LogP contribution in [-0.4, -0.2) is 38.8 Å². The monoisotopic (exact) mass is 405 g/mol. The van der Waals surface area contributed by atoms with Crippen LogP contribution in [0.2, 0.25) is 0 Å². The van der Waals surface area contributed by atoms with E-state index in [9.17, 15) is 13.2 Å². The molecule has 0 atom stereocenters. The third kappa shape index (κ3) is 4.05. The number of benzene rings is 2. The van der Waals surface area contributed by atoms with Crippen LogP contribution < -0.4 is 5.32 Å². The van der Waals surface area contributed by atoms with Crippen LogP contribution in [-0.2, 0) is 19.4 Å². The van der Waals surface area contributed by atoms with E-state index < -0.39 is 20.6 Å². The quantitative estimate of drug-likeness (QED) is 0.744. The Morgan fingerprint density at radius 3 is 2.22 bits per heavy atom. The van der Waals surface area contributed by atoms with Gasteiger partial charge < -0.3 is 10.1 Å². The highest BCUT2D eigenvalue weighted by Crippen LogP contribution is 2.36. The van der Waals surface area contributed by atoms with Gasteiger partial charge in [0.05, 0.1) is 11.5 Å². The molecule has 2 aromatic carbocycles. The zero-order chi connectivity index (χ0) is 19.3. The second kappa shape index (κ2) is 8.46. The smallest absolute Gasteiger partial charge is 0.327 e. The predicted octanol–water partition coefficient (Wildman–Crippen LogP) is 3.30. The number of hydrogen-bond acceptors (Lipinski definition) is 6. The van der Waals surface area contributed by atoms with Gasteiger partial charge in [0, 0.05) is 9.79 Å². The second-order valence-electron chi connectivity index (χ2n) is 6.35. The molecule has 1 fully saturated rings. The molecule has 1 saturated heterocycles. The van der Waals surface area contributed by atoms with Crippen molar-refractivity contribution in [3.05, 3.63) is 54.6 Å². The van der Waals surface area contributed by atoms with Gasteiger partial charge >= 0.3 is 5.97 Å². The average Bonchev–Trinajstić information content (AvgIpc) is 2.70. The number of piperidine rings is 1. The van der Waals surface area contributed by atoms with E-state index in [1.54, 1.807) is 43.0 Å². The standard InChI is InChI=1S/C20H23NO4S2/c1-2-25-19(22)20(12-14-21-15-13-20)27(23,24)18-10-8-17(9-11-18)26-16-6-4-3-5-7-16/h3-11,21H,2,12-15H2,1H3. The summed E-state index contributed by atoms with van der Waals surface area (Å²) in [6.45, 7) is 2.80. The Bertz CT molecular complexity index is 874. The molecule has 0 unspecified atom stereocenters. The number of carbonyl (C=O) groups is 1. The minimum Gasteiger partial charge on any atom is -0.465 e. The van der Waals surface area contributed by atoms with Crippen molar-refractivity contribution in [1.29, 1.82) is 0 Å². The van der Waals surface area contributed by atoms with Gasteiger partial charge in [0.25, 0.3) is 0 Å². The van der Waals surface area contributed by atoms with E-state index in [-0.39, 0.29) is 24.3 Å². The fourth-order valence-corrected chi connectivity index (χ4v) is 6.02. The van der Waals surface area contributed by atoms with Crippen LogP contribution in [0.3, 0.4) is 0 Å². The van der Waals surface area contributed by atoms with Crippen LogP contribution in [0.5, 0.6) is 0 Å². The molecule has 0 saturated carbocycles. The summed E-state index contributed by atoms with van der Waals surface area (Å²) in [5.41, 5.74) is 0. The van der Waals surface area contributed by atoms with Crippen LogP contribution in [0.4, 0.5) is 0 Å². The number of nitrogens with one attached hydrogen (secondary N) is 1. The Morgan fingerprint density at radius 2 is 1.63 bits per heavy atom. The number of esters is 1. The molecule has 0 aliphatic carbocycles. The molecular formula is C20H23NO4S2. The summed E-state index contributed by atoms with van der Waals surface area (Å²) in [7, 11) is -3.86. The molecule has 2 aromatic rings. The Kier molecular flexibility index (Phi) is 6.24. The van der Waals surface area contributed by atoms with Gasteiger partial charge in [-0.2, -0.15) is 0 Å². The van der Waals surface area contributed by atoms with Crippen molar-refractivity contribution < 1.29 is 17.9 Å². The first-order valence-electron chi connectivity index (χ1n) is 8.95. The van der Waals surface area contributed by atoms with Gasteiger partial charge in [0.2, 0.25) is 0 Å². The van der Waals surface area contributed by atoms with Gasteiger partial charge in [-0.15, -0.1) is 0 Å². The molecule has 3 rings (SSSR count). The topological polar surface area (TPSA) is 72.5 Å². The lowest BCUT2D eigenvalue weighted by atomic mass is 9.97. The molecule has 5 nitrogen and oxygen atoms in total. The number of ether oxygens (including phenoxy) is 1. The number of hydrogen-bond donors (Lipinski definition) is 1. The SMILES string of the molecule is CCOC(=O)C1(S(=O)(=O)c2ccc(Sc3ccccc3)cc2)CCNCC1. The Morgan fingerprint density at radius 1 is 1.04 bits per heavy atom. The number of rotatable bonds is 6. The van der Waals surface area contributed by atoms with Crippen molar-refractivity contribution in [3.63, 3.8) is 0 Å². The van der Waals surface area contributed by atoms with E-state index in [1.165, 1.54) is 0 Å². The minimum absolute atomic E-state index is 0.162. The highest BCUT2D eigenvalue weighted by molar-refractivity contribution is 7.99. The maximum Gasteiger partial charge on any atom is 0.327 e. The first-order chi connectivity index (χ1) is 13.0. The van der Waals surface area contributed by atoms with E-state index in [1.807, 2.05) is 30.3 Å². The van der Waals surface area contributed by atoms with Crippen LogP contribution >= 0.6 is 11.8 Å². The zero-order valence-electron chi connectivity index (χ0n) is 15.2. The third-order valence-electron chi connectivity index (χ3n) is 4.69. The molecule has 0 spiro atoms. The van der Waals surface area contributed by atoms with E-state index in [2.05, 4.69) is 5.32 Å². The van der Waals surface area contributed by atoms with Crippen molar-refractivity contribution in [2.45, 2.75) is 39.2 Å². The van der Waals surface area contributed by atoms with E-state index >= 15 is 0 Å². The summed E-state index contributed by atoms with van der Waals surface area (Å²) in [5, 5.41) is 3.12. The molecule has 0 amide bonds. The van der Waals surface area contributed by atoms with Gasteiger partial charge in [-0.1, -0.05) is 30.0 Å². The van der Waals surface area contributed by atoms with E-state index in [4.69, 9.17) is 4.74 Å². The normalized spacial score (nSPS) is 16.6. The van der Waals surface area contributed by atoms with E-state index in [0.29, 0.717) is 13.1 Å². The Balaban J connectivity index is 1.89. The van der Waals surface area contributed by atoms with Crippen molar-refractivity contribution in [2.24, 2.45) is 0 Å². The van der Waals surface area contributed by atoms with E-state index in [0.717, 1.165) is 9.79 Å². The highest BCUT2D eigenvalue weighted by atomic mass is 32.2. The van der Waals surface area contributed by atoms with Crippen molar-refractivity contribution >= 4 is 27.6 Å². The third-order valence-corrected chi connectivity index (χ3v) is 8.20. The lowest BCUT2D eigenvalue weighted by molar-refractivity contribution is -0.147. The molecular weight excluding hydrogens is 382 g/mol. The minimum atomic E-state index is -3.86. The molecule has 0 bridgehead atoms. The molecule has 144 valence electrons. The second-order valence-corrected chi connectivity index (χ2v) is 9.76. The highest BCUT2D eigenvalue weighted by Gasteiger charge is 2.53. The fraction of sp³-hybridized carbons (Fsp3) is 0.350. The van der Waals surface area contributed by atoms with Crippen molar-refractivity contribution in [2.75, 3.05) is 19.7 Å². The molecule has 7 heteroatoms. The fourth-order valence-electron chi connectivity index (χ4n) is 3.21. The van der Waals surface area contributed by atoms with Crippen LogP contribution in [0.1, 0.15) is 19.8 Å². The van der Waals surface area contributed by atoms with Crippen molar-refractivity contribution in [1.82, 2.24) is 5.32 Å². The largest absolute Gasteiger partial charge is 0.465 e. The first kappa shape index (κ1) is 19.9. The molecule has 27 heavy (non-hydrogen) atoms. The van der Waals surface area contributed by atoms with Gasteiger partial charge in [0.15, 0.2) is 14.6 Å². The maximum absolute atomic E-state index is 13.4. The lowest BCUT2D eigenvalue weighted by Crippen LogP contribution is -2.54.